The van der Waals surface area contributed by atoms with E-state index in [9.17, 15) is 5.11 Å². The van der Waals surface area contributed by atoms with Crippen molar-refractivity contribution in [3.05, 3.63) is 29.3 Å². The molecule has 84 valence electrons. The Labute approximate surface area is 94.4 Å². The monoisotopic (exact) mass is 217 g/mol. The Morgan fingerprint density at radius 2 is 1.75 bits per heavy atom. The van der Waals surface area contributed by atoms with Crippen LogP contribution in [0.25, 0.3) is 0 Å². The molecule has 2 atom stereocenters. The Morgan fingerprint density at radius 1 is 1.06 bits per heavy atom. The highest BCUT2D eigenvalue weighted by Gasteiger charge is 2.36. The minimum Gasteiger partial charge on any atom is -0.508 e. The zero-order valence-electron chi connectivity index (χ0n) is 9.06. The smallest absolute Gasteiger partial charge is 0.115 e. The second-order valence-corrected chi connectivity index (χ2v) is 4.86. The van der Waals surface area contributed by atoms with Crippen molar-refractivity contribution in [3.8, 4) is 5.75 Å². The largest absolute Gasteiger partial charge is 0.508 e. The predicted octanol–water partition coefficient (Wildman–Crippen LogP) is 2.35. The number of phenols is 1. The van der Waals surface area contributed by atoms with Crippen molar-refractivity contribution in [1.29, 1.82) is 0 Å². The van der Waals surface area contributed by atoms with Crippen molar-refractivity contribution in [2.45, 2.75) is 25.7 Å². The van der Waals surface area contributed by atoms with Crippen LogP contribution in [0.4, 0.5) is 0 Å². The SMILES string of the molecule is ON=C1C2CCC1Cc1cc(O)ccc1C2. The summed E-state index contributed by atoms with van der Waals surface area (Å²) in [6.07, 6.45) is 4.09. The fraction of sp³-hybridized carbons (Fsp3) is 0.462. The van der Waals surface area contributed by atoms with Gasteiger partial charge in [0.05, 0.1) is 5.71 Å². The molecule has 2 unspecified atom stereocenters. The molecule has 0 aromatic heterocycles. The lowest BCUT2D eigenvalue weighted by molar-refractivity contribution is 0.313. The molecule has 0 radical (unpaired) electrons. The Bertz CT molecular complexity index is 453. The zero-order chi connectivity index (χ0) is 11.1. The number of nitrogens with zero attached hydrogens (tertiary/aromatic N) is 1. The molecule has 0 amide bonds. The molecule has 1 fully saturated rings. The van der Waals surface area contributed by atoms with Gasteiger partial charge in [-0.25, -0.2) is 0 Å². The first-order chi connectivity index (χ1) is 7.78. The maximum atomic E-state index is 9.49. The number of oxime groups is 1. The average Bonchev–Trinajstić information content (AvgIpc) is 2.54. The van der Waals surface area contributed by atoms with Crippen molar-refractivity contribution >= 4 is 5.71 Å². The van der Waals surface area contributed by atoms with Gasteiger partial charge in [0, 0.05) is 11.8 Å². The van der Waals surface area contributed by atoms with Crippen LogP contribution in [0.3, 0.4) is 0 Å². The van der Waals surface area contributed by atoms with Gasteiger partial charge < -0.3 is 10.3 Å². The lowest BCUT2D eigenvalue weighted by Crippen LogP contribution is -2.14. The molecule has 1 saturated carbocycles. The van der Waals surface area contributed by atoms with E-state index in [-0.39, 0.29) is 0 Å². The van der Waals surface area contributed by atoms with Crippen LogP contribution in [0.5, 0.6) is 5.75 Å². The Kier molecular flexibility index (Phi) is 2.13. The Hall–Kier alpha value is -1.51. The van der Waals surface area contributed by atoms with Gasteiger partial charge in [-0.3, -0.25) is 0 Å². The van der Waals surface area contributed by atoms with Gasteiger partial charge in [0.2, 0.25) is 0 Å². The fourth-order valence-electron chi connectivity index (χ4n) is 3.14. The van der Waals surface area contributed by atoms with Gasteiger partial charge in [-0.1, -0.05) is 11.2 Å². The van der Waals surface area contributed by atoms with Crippen LogP contribution >= 0.6 is 0 Å². The quantitative estimate of drug-likeness (QED) is 0.517. The van der Waals surface area contributed by atoms with E-state index >= 15 is 0 Å². The molecular weight excluding hydrogens is 202 g/mol. The molecule has 2 N–H and O–H groups in total. The van der Waals surface area contributed by atoms with Crippen LogP contribution in [-0.2, 0) is 12.8 Å². The first kappa shape index (κ1) is 9.70. The maximum absolute atomic E-state index is 9.49. The molecule has 3 nitrogen and oxygen atoms in total. The molecule has 3 heteroatoms. The van der Waals surface area contributed by atoms with Gasteiger partial charge in [-0.05, 0) is 48.9 Å². The number of hydrogen-bond acceptors (Lipinski definition) is 3. The van der Waals surface area contributed by atoms with Gasteiger partial charge in [0.25, 0.3) is 0 Å². The summed E-state index contributed by atoms with van der Waals surface area (Å²) < 4.78 is 0. The van der Waals surface area contributed by atoms with Gasteiger partial charge in [0.1, 0.15) is 5.75 Å². The Balaban J connectivity index is 2.04. The second kappa shape index (κ2) is 3.51. The molecule has 16 heavy (non-hydrogen) atoms. The standard InChI is InChI=1S/C13H15NO2/c15-12-4-3-8-5-9-1-2-10(13(9)14-16)6-11(8)7-12/h3-4,7,9-10,15-16H,1-2,5-6H2. The molecule has 3 rings (SSSR count). The number of phenolic OH excluding ortho intramolecular Hbond substituents is 1. The summed E-state index contributed by atoms with van der Waals surface area (Å²) in [6.45, 7) is 0. The molecule has 2 aliphatic rings. The van der Waals surface area contributed by atoms with Gasteiger partial charge in [-0.2, -0.15) is 0 Å². The summed E-state index contributed by atoms with van der Waals surface area (Å²) in [4.78, 5) is 0. The highest BCUT2D eigenvalue weighted by atomic mass is 16.4. The number of benzene rings is 1. The Morgan fingerprint density at radius 3 is 2.44 bits per heavy atom. The van der Waals surface area contributed by atoms with Gasteiger partial charge in [-0.15, -0.1) is 0 Å². The molecule has 0 aliphatic heterocycles. The van der Waals surface area contributed by atoms with E-state index < -0.39 is 0 Å². The summed E-state index contributed by atoms with van der Waals surface area (Å²) in [5.41, 5.74) is 3.48. The van der Waals surface area contributed by atoms with Crippen LogP contribution in [-0.4, -0.2) is 16.0 Å². The van der Waals surface area contributed by atoms with Crippen molar-refractivity contribution in [2.75, 3.05) is 0 Å². The predicted molar refractivity (Wildman–Crippen MR) is 61.0 cm³/mol. The molecule has 0 saturated heterocycles. The molecule has 2 aliphatic carbocycles. The lowest BCUT2D eigenvalue weighted by atomic mass is 9.93. The lowest BCUT2D eigenvalue weighted by Gasteiger charge is -2.12. The second-order valence-electron chi connectivity index (χ2n) is 4.86. The molecule has 1 aromatic rings. The summed E-state index contributed by atoms with van der Waals surface area (Å²) in [5.74, 6) is 1.11. The van der Waals surface area contributed by atoms with E-state index in [0.29, 0.717) is 17.6 Å². The topological polar surface area (TPSA) is 52.8 Å². The van der Waals surface area contributed by atoms with E-state index in [1.807, 2.05) is 12.1 Å². The first-order valence-corrected chi connectivity index (χ1v) is 5.80. The molecule has 2 bridgehead atoms. The van der Waals surface area contributed by atoms with E-state index in [0.717, 1.165) is 31.4 Å². The number of aromatic hydroxyl groups is 1. The van der Waals surface area contributed by atoms with Crippen LogP contribution in [0.1, 0.15) is 24.0 Å². The van der Waals surface area contributed by atoms with E-state index in [2.05, 4.69) is 5.16 Å². The third kappa shape index (κ3) is 1.39. The highest BCUT2D eigenvalue weighted by Crippen LogP contribution is 2.38. The van der Waals surface area contributed by atoms with E-state index in [1.165, 1.54) is 11.1 Å². The van der Waals surface area contributed by atoms with Crippen molar-refractivity contribution in [2.24, 2.45) is 17.0 Å². The number of hydrogen-bond donors (Lipinski definition) is 2. The number of fused-ring (bicyclic) bond motifs is 3. The minimum absolute atomic E-state index is 0.332. The van der Waals surface area contributed by atoms with Crippen molar-refractivity contribution in [1.82, 2.24) is 0 Å². The third-order valence-corrected chi connectivity index (χ3v) is 3.94. The number of rotatable bonds is 0. The molecule has 0 spiro atoms. The minimum atomic E-state index is 0.332. The average molecular weight is 217 g/mol. The molecule has 1 aromatic carbocycles. The summed E-state index contributed by atoms with van der Waals surface area (Å²) in [6, 6.07) is 5.60. The normalized spacial score (nSPS) is 30.1. The molecule has 0 heterocycles. The molecular formula is C13H15NO2. The third-order valence-electron chi connectivity index (χ3n) is 3.94. The van der Waals surface area contributed by atoms with Crippen LogP contribution in [0, 0.1) is 11.8 Å². The zero-order valence-corrected chi connectivity index (χ0v) is 9.06. The van der Waals surface area contributed by atoms with Crippen molar-refractivity contribution in [3.63, 3.8) is 0 Å². The van der Waals surface area contributed by atoms with Crippen LogP contribution in [0.15, 0.2) is 23.4 Å². The van der Waals surface area contributed by atoms with E-state index in [4.69, 9.17) is 5.21 Å². The maximum Gasteiger partial charge on any atom is 0.115 e. The van der Waals surface area contributed by atoms with Crippen LogP contribution < -0.4 is 0 Å². The van der Waals surface area contributed by atoms with Gasteiger partial charge in [0.15, 0.2) is 0 Å². The van der Waals surface area contributed by atoms with Crippen molar-refractivity contribution < 1.29 is 10.3 Å². The highest BCUT2D eigenvalue weighted by molar-refractivity contribution is 5.91. The van der Waals surface area contributed by atoms with Gasteiger partial charge >= 0.3 is 0 Å². The summed E-state index contributed by atoms with van der Waals surface area (Å²) in [7, 11) is 0. The van der Waals surface area contributed by atoms with Crippen LogP contribution in [0.2, 0.25) is 0 Å². The first-order valence-electron chi connectivity index (χ1n) is 5.80. The fourth-order valence-corrected chi connectivity index (χ4v) is 3.14. The summed E-state index contributed by atoms with van der Waals surface area (Å²) >= 11 is 0. The van der Waals surface area contributed by atoms with E-state index in [1.54, 1.807) is 6.07 Å². The summed E-state index contributed by atoms with van der Waals surface area (Å²) in [5, 5.41) is 22.1.